The van der Waals surface area contributed by atoms with Gasteiger partial charge in [-0.05, 0) is 43.0 Å². The number of benzene rings is 2. The Kier molecular flexibility index (Phi) is 8.07. The molecule has 30 heavy (non-hydrogen) atoms. The molecule has 0 aromatic heterocycles. The number of ether oxygens (including phenoxy) is 1. The van der Waals surface area contributed by atoms with E-state index < -0.39 is 0 Å². The number of hydrogen-bond acceptors (Lipinski definition) is 3. The molecular weight excluding hydrogens is 376 g/mol. The lowest BCUT2D eigenvalue weighted by Crippen LogP contribution is -2.40. The highest BCUT2D eigenvalue weighted by Gasteiger charge is 2.27. The third-order valence-electron chi connectivity index (χ3n) is 5.30. The van der Waals surface area contributed by atoms with Gasteiger partial charge in [0.25, 0.3) is 0 Å². The number of para-hydroxylation sites is 2. The zero-order valence-corrected chi connectivity index (χ0v) is 17.5. The van der Waals surface area contributed by atoms with E-state index in [0.717, 1.165) is 18.4 Å². The molecule has 5 heteroatoms. The van der Waals surface area contributed by atoms with Gasteiger partial charge >= 0.3 is 0 Å². The van der Waals surface area contributed by atoms with Gasteiger partial charge in [-0.2, -0.15) is 0 Å². The van der Waals surface area contributed by atoms with E-state index in [0.29, 0.717) is 44.0 Å². The number of carbonyl (C=O) groups is 2. The van der Waals surface area contributed by atoms with Crippen molar-refractivity contribution in [3.63, 3.8) is 0 Å². The van der Waals surface area contributed by atoms with Gasteiger partial charge in [0.1, 0.15) is 5.75 Å². The predicted octanol–water partition coefficient (Wildman–Crippen LogP) is 4.76. The fraction of sp³-hybridized carbons (Fsp3) is 0.360. The predicted molar refractivity (Wildman–Crippen MR) is 120 cm³/mol. The van der Waals surface area contributed by atoms with E-state index in [2.05, 4.69) is 12.2 Å². The van der Waals surface area contributed by atoms with Gasteiger partial charge in [0.2, 0.25) is 11.8 Å². The molecule has 5 nitrogen and oxygen atoms in total. The highest BCUT2D eigenvalue weighted by molar-refractivity contribution is 5.95. The number of unbranched alkanes of at least 4 members (excludes halogenated alkanes) is 1. The summed E-state index contributed by atoms with van der Waals surface area (Å²) in [7, 11) is 0. The minimum absolute atomic E-state index is 0.00605. The van der Waals surface area contributed by atoms with Crippen LogP contribution in [-0.2, 0) is 9.59 Å². The van der Waals surface area contributed by atoms with Crippen LogP contribution in [-0.4, -0.2) is 36.4 Å². The monoisotopic (exact) mass is 406 g/mol. The maximum Gasteiger partial charge on any atom is 0.246 e. The van der Waals surface area contributed by atoms with Crippen molar-refractivity contribution in [2.24, 2.45) is 5.92 Å². The molecule has 0 spiro atoms. The van der Waals surface area contributed by atoms with Crippen molar-refractivity contribution in [3.05, 3.63) is 66.2 Å². The molecule has 2 aromatic rings. The summed E-state index contributed by atoms with van der Waals surface area (Å²) >= 11 is 0. The number of likely N-dealkylation sites (tertiary alicyclic amines) is 1. The number of piperidine rings is 1. The Morgan fingerprint density at radius 3 is 2.50 bits per heavy atom. The minimum atomic E-state index is -0.101. The molecule has 0 radical (unpaired) electrons. The van der Waals surface area contributed by atoms with Gasteiger partial charge in [0.05, 0.1) is 12.3 Å². The first-order chi connectivity index (χ1) is 14.7. The van der Waals surface area contributed by atoms with Crippen LogP contribution in [0.4, 0.5) is 5.69 Å². The summed E-state index contributed by atoms with van der Waals surface area (Å²) in [5, 5.41) is 3.02. The van der Waals surface area contributed by atoms with Crippen LogP contribution < -0.4 is 10.1 Å². The van der Waals surface area contributed by atoms with Crippen molar-refractivity contribution in [1.29, 1.82) is 0 Å². The molecule has 2 aromatic carbocycles. The van der Waals surface area contributed by atoms with E-state index in [1.165, 1.54) is 0 Å². The van der Waals surface area contributed by atoms with Crippen LogP contribution in [0.5, 0.6) is 5.75 Å². The Morgan fingerprint density at radius 1 is 1.07 bits per heavy atom. The molecule has 1 fully saturated rings. The zero-order chi connectivity index (χ0) is 21.2. The molecular formula is C25H30N2O3. The average molecular weight is 407 g/mol. The van der Waals surface area contributed by atoms with E-state index in [9.17, 15) is 9.59 Å². The van der Waals surface area contributed by atoms with Crippen molar-refractivity contribution in [2.75, 3.05) is 25.0 Å². The second-order valence-corrected chi connectivity index (χ2v) is 7.53. The van der Waals surface area contributed by atoms with Crippen molar-refractivity contribution in [3.8, 4) is 5.75 Å². The highest BCUT2D eigenvalue weighted by Crippen LogP contribution is 2.26. The van der Waals surface area contributed by atoms with Gasteiger partial charge in [0.15, 0.2) is 0 Å². The number of nitrogens with one attached hydrogen (secondary N) is 1. The molecule has 0 atom stereocenters. The lowest BCUT2D eigenvalue weighted by molar-refractivity contribution is -0.130. The van der Waals surface area contributed by atoms with Gasteiger partial charge in [0, 0.05) is 25.1 Å². The molecule has 1 heterocycles. The third-order valence-corrected chi connectivity index (χ3v) is 5.30. The molecule has 3 rings (SSSR count). The van der Waals surface area contributed by atoms with Gasteiger partial charge in [-0.15, -0.1) is 0 Å². The Hall–Kier alpha value is -3.08. The number of hydrogen-bond donors (Lipinski definition) is 1. The molecule has 1 aliphatic rings. The van der Waals surface area contributed by atoms with Gasteiger partial charge in [-0.1, -0.05) is 55.8 Å². The first kappa shape index (κ1) is 21.6. The van der Waals surface area contributed by atoms with Crippen molar-refractivity contribution >= 4 is 23.6 Å². The Morgan fingerprint density at radius 2 is 1.77 bits per heavy atom. The highest BCUT2D eigenvalue weighted by atomic mass is 16.5. The maximum absolute atomic E-state index is 12.8. The number of nitrogens with zero attached hydrogens (tertiary/aromatic N) is 1. The number of carbonyl (C=O) groups excluding carboxylic acids is 2. The van der Waals surface area contributed by atoms with Crippen LogP contribution in [0, 0.1) is 5.92 Å². The van der Waals surface area contributed by atoms with E-state index >= 15 is 0 Å². The number of anilines is 1. The van der Waals surface area contributed by atoms with E-state index in [-0.39, 0.29) is 17.7 Å². The summed E-state index contributed by atoms with van der Waals surface area (Å²) in [6.45, 7) is 3.93. The van der Waals surface area contributed by atoms with E-state index in [4.69, 9.17) is 4.74 Å². The lowest BCUT2D eigenvalue weighted by atomic mass is 9.95. The smallest absolute Gasteiger partial charge is 0.246 e. The Labute approximate surface area is 178 Å². The molecule has 1 N–H and O–H groups in total. The Bertz CT molecular complexity index is 856. The topological polar surface area (TPSA) is 58.6 Å². The minimum Gasteiger partial charge on any atom is -0.491 e. The summed E-state index contributed by atoms with van der Waals surface area (Å²) in [6, 6.07) is 17.3. The largest absolute Gasteiger partial charge is 0.491 e. The van der Waals surface area contributed by atoms with Gasteiger partial charge < -0.3 is 15.0 Å². The standard InChI is InChI=1S/C25H30N2O3/c1-2-3-19-30-23-12-8-7-11-22(23)26-25(29)21-15-17-27(18-16-21)24(28)14-13-20-9-5-4-6-10-20/h4-14,21H,2-3,15-19H2,1H3,(H,26,29)/b14-13+. The van der Waals surface area contributed by atoms with Crippen LogP contribution in [0.3, 0.4) is 0 Å². The van der Waals surface area contributed by atoms with E-state index in [1.54, 1.807) is 6.08 Å². The molecule has 2 amide bonds. The first-order valence-electron chi connectivity index (χ1n) is 10.7. The summed E-state index contributed by atoms with van der Waals surface area (Å²) < 4.78 is 5.80. The van der Waals surface area contributed by atoms with Crippen molar-refractivity contribution < 1.29 is 14.3 Å². The number of rotatable bonds is 8. The SMILES string of the molecule is CCCCOc1ccccc1NC(=O)C1CCN(C(=O)/C=C/c2ccccc2)CC1. The third kappa shape index (κ3) is 6.21. The van der Waals surface area contributed by atoms with Gasteiger partial charge in [-0.25, -0.2) is 0 Å². The molecule has 158 valence electrons. The van der Waals surface area contributed by atoms with E-state index in [1.807, 2.05) is 65.6 Å². The van der Waals surface area contributed by atoms with Crippen LogP contribution in [0.25, 0.3) is 6.08 Å². The molecule has 0 saturated carbocycles. The summed E-state index contributed by atoms with van der Waals surface area (Å²) in [4.78, 5) is 27.0. The quantitative estimate of drug-likeness (QED) is 0.508. The molecule has 0 bridgehead atoms. The second-order valence-electron chi connectivity index (χ2n) is 7.53. The maximum atomic E-state index is 12.8. The van der Waals surface area contributed by atoms with Gasteiger partial charge in [-0.3, -0.25) is 9.59 Å². The second kappa shape index (κ2) is 11.2. The summed E-state index contributed by atoms with van der Waals surface area (Å²) in [5.41, 5.74) is 1.71. The Balaban J connectivity index is 1.50. The molecule has 1 aliphatic heterocycles. The molecule has 1 saturated heterocycles. The van der Waals surface area contributed by atoms with Crippen LogP contribution in [0.2, 0.25) is 0 Å². The molecule has 0 unspecified atom stereocenters. The van der Waals surface area contributed by atoms with Crippen LogP contribution in [0.15, 0.2) is 60.7 Å². The van der Waals surface area contributed by atoms with Crippen LogP contribution in [0.1, 0.15) is 38.2 Å². The summed E-state index contributed by atoms with van der Waals surface area (Å²) in [6.07, 6.45) is 6.81. The van der Waals surface area contributed by atoms with Crippen molar-refractivity contribution in [1.82, 2.24) is 4.90 Å². The van der Waals surface area contributed by atoms with Crippen LogP contribution >= 0.6 is 0 Å². The number of amides is 2. The molecule has 0 aliphatic carbocycles. The van der Waals surface area contributed by atoms with Crippen molar-refractivity contribution in [2.45, 2.75) is 32.6 Å². The summed E-state index contributed by atoms with van der Waals surface area (Å²) in [5.74, 6) is 0.592. The lowest BCUT2D eigenvalue weighted by Gasteiger charge is -2.30. The zero-order valence-electron chi connectivity index (χ0n) is 17.5. The first-order valence-corrected chi connectivity index (χ1v) is 10.7. The normalized spacial score (nSPS) is 14.6. The fourth-order valence-electron chi connectivity index (χ4n) is 3.46. The average Bonchev–Trinajstić information content (AvgIpc) is 2.79. The fourth-order valence-corrected chi connectivity index (χ4v) is 3.46.